The largest absolute Gasteiger partial charge is 0.370 e. The fraction of sp³-hybridized carbons (Fsp3) is 0.586. The van der Waals surface area contributed by atoms with Crippen LogP contribution in [0, 0.1) is 32.1 Å². The molecular weight excluding hydrogens is 498 g/mol. The molecule has 1 aromatic carbocycles. The third kappa shape index (κ3) is 5.75. The van der Waals surface area contributed by atoms with Gasteiger partial charge in [0.15, 0.2) is 0 Å². The molecule has 3 heterocycles. The molecule has 3 aliphatic rings. The van der Waals surface area contributed by atoms with Crippen LogP contribution in [0.4, 0.5) is 5.82 Å². The lowest BCUT2D eigenvalue weighted by molar-refractivity contribution is -0.144. The zero-order chi connectivity index (χ0) is 27.1. The van der Waals surface area contributed by atoms with Gasteiger partial charge in [0, 0.05) is 56.8 Å². The van der Waals surface area contributed by atoms with E-state index < -0.39 is 16.1 Å². The van der Waals surface area contributed by atoms with E-state index in [-0.39, 0.29) is 23.8 Å². The highest BCUT2D eigenvalue weighted by Crippen LogP contribution is 2.51. The van der Waals surface area contributed by atoms with Gasteiger partial charge in [0.1, 0.15) is 5.82 Å². The van der Waals surface area contributed by atoms with Crippen LogP contribution in [-0.4, -0.2) is 63.0 Å². The van der Waals surface area contributed by atoms with Crippen molar-refractivity contribution < 1.29 is 13.2 Å². The van der Waals surface area contributed by atoms with Crippen molar-refractivity contribution in [1.29, 1.82) is 0 Å². The van der Waals surface area contributed by atoms with Gasteiger partial charge in [-0.3, -0.25) is 4.79 Å². The van der Waals surface area contributed by atoms with Crippen LogP contribution in [0.15, 0.2) is 29.2 Å². The molecule has 1 saturated heterocycles. The fourth-order valence-electron chi connectivity index (χ4n) is 6.62. The second kappa shape index (κ2) is 10.6. The summed E-state index contributed by atoms with van der Waals surface area (Å²) in [6, 6.07) is 7.74. The number of carbonyl (C=O) groups excluding carboxylic acids is 1. The van der Waals surface area contributed by atoms with E-state index >= 15 is 0 Å². The second-order valence-electron chi connectivity index (χ2n) is 11.9. The molecule has 2 aliphatic heterocycles. The number of anilines is 1. The van der Waals surface area contributed by atoms with Crippen molar-refractivity contribution >= 4 is 21.7 Å². The molecule has 8 nitrogen and oxygen atoms in total. The maximum Gasteiger partial charge on any atom is 0.241 e. The Morgan fingerprint density at radius 3 is 2.61 bits per heavy atom. The van der Waals surface area contributed by atoms with E-state index in [0.717, 1.165) is 80.1 Å². The minimum Gasteiger partial charge on any atom is -0.370 e. The summed E-state index contributed by atoms with van der Waals surface area (Å²) in [6.45, 7) is 11.8. The van der Waals surface area contributed by atoms with Gasteiger partial charge in [0.25, 0.3) is 0 Å². The number of sulfonamides is 1. The standard InChI is InChI=1S/C29H41N5O3S/c1-19-12-20(2)26(21(3)13-19)38(36,37)33-22(4)16-31-28(35)24-14-29(15-24)17-34(18-29)11-9-25-8-7-23-6-5-10-30-27(23)32-25/h7-8,12-13,22,24,33H,5-6,9-11,14-18H2,1-4H3,(H,30,32)(H,31,35). The van der Waals surface area contributed by atoms with Gasteiger partial charge in [0.2, 0.25) is 15.9 Å². The molecule has 2 fully saturated rings. The van der Waals surface area contributed by atoms with Crippen LogP contribution in [0.3, 0.4) is 0 Å². The number of benzene rings is 1. The third-order valence-corrected chi connectivity index (χ3v) is 10.2. The zero-order valence-electron chi connectivity index (χ0n) is 23.1. The molecule has 1 atom stereocenters. The SMILES string of the molecule is Cc1cc(C)c(S(=O)(=O)NC(C)CNC(=O)C2CC3(C2)CN(CCc2ccc4c(n2)NCCC4)C3)c(C)c1. The van der Waals surface area contributed by atoms with Crippen molar-refractivity contribution in [2.24, 2.45) is 11.3 Å². The minimum absolute atomic E-state index is 0.0240. The third-order valence-electron chi connectivity index (χ3n) is 8.30. The average molecular weight is 540 g/mol. The normalized spacial score (nSPS) is 19.7. The highest BCUT2D eigenvalue weighted by atomic mass is 32.2. The second-order valence-corrected chi connectivity index (χ2v) is 13.6. The molecule has 1 unspecified atom stereocenters. The number of pyridine rings is 1. The molecular formula is C29H41N5O3S. The van der Waals surface area contributed by atoms with Crippen molar-refractivity contribution in [2.75, 3.05) is 38.0 Å². The molecule has 5 rings (SSSR count). The quantitative estimate of drug-likeness (QED) is 0.453. The number of aryl methyl sites for hydroxylation is 4. The Morgan fingerprint density at radius 1 is 1.18 bits per heavy atom. The lowest BCUT2D eigenvalue weighted by Crippen LogP contribution is -2.64. The van der Waals surface area contributed by atoms with Gasteiger partial charge in [-0.1, -0.05) is 23.8 Å². The first-order chi connectivity index (χ1) is 18.0. The first kappa shape index (κ1) is 27.1. The Labute approximate surface area is 227 Å². The molecule has 206 valence electrons. The number of hydrogen-bond acceptors (Lipinski definition) is 6. The van der Waals surface area contributed by atoms with Gasteiger partial charge in [-0.15, -0.1) is 0 Å². The summed E-state index contributed by atoms with van der Waals surface area (Å²) < 4.78 is 28.7. The summed E-state index contributed by atoms with van der Waals surface area (Å²) in [5.74, 6) is 1.12. The number of hydrogen-bond donors (Lipinski definition) is 3. The van der Waals surface area contributed by atoms with Gasteiger partial charge < -0.3 is 15.5 Å². The maximum absolute atomic E-state index is 13.0. The summed E-state index contributed by atoms with van der Waals surface area (Å²) in [5, 5.41) is 6.38. The summed E-state index contributed by atoms with van der Waals surface area (Å²) in [7, 11) is -3.66. The Kier molecular flexibility index (Phi) is 7.55. The van der Waals surface area contributed by atoms with Crippen molar-refractivity contribution in [1.82, 2.24) is 19.9 Å². The van der Waals surface area contributed by atoms with Crippen molar-refractivity contribution in [3.63, 3.8) is 0 Å². The Hall–Kier alpha value is -2.49. The molecule has 1 spiro atoms. The molecule has 38 heavy (non-hydrogen) atoms. The van der Waals surface area contributed by atoms with Gasteiger partial charge in [-0.25, -0.2) is 18.1 Å². The molecule has 1 saturated carbocycles. The molecule has 3 N–H and O–H groups in total. The van der Waals surface area contributed by atoms with Crippen LogP contribution in [0.1, 0.15) is 54.1 Å². The summed E-state index contributed by atoms with van der Waals surface area (Å²) >= 11 is 0. The Balaban J connectivity index is 1.02. The predicted octanol–water partition coefficient (Wildman–Crippen LogP) is 3.10. The van der Waals surface area contributed by atoms with Crippen molar-refractivity contribution in [2.45, 2.75) is 70.7 Å². The van der Waals surface area contributed by atoms with Gasteiger partial charge in [0.05, 0.1) is 4.90 Å². The first-order valence-corrected chi connectivity index (χ1v) is 15.3. The number of carbonyl (C=O) groups is 1. The Morgan fingerprint density at radius 2 is 1.89 bits per heavy atom. The highest BCUT2D eigenvalue weighted by molar-refractivity contribution is 7.89. The number of aromatic nitrogens is 1. The van der Waals surface area contributed by atoms with E-state index in [1.165, 1.54) is 12.0 Å². The van der Waals surface area contributed by atoms with E-state index in [1.807, 2.05) is 32.9 Å². The molecule has 0 bridgehead atoms. The van der Waals surface area contributed by atoms with E-state index in [1.54, 1.807) is 6.92 Å². The number of nitrogens with zero attached hydrogens (tertiary/aromatic N) is 2. The van der Waals surface area contributed by atoms with Crippen LogP contribution in [-0.2, 0) is 27.7 Å². The number of nitrogens with one attached hydrogen (secondary N) is 3. The monoisotopic (exact) mass is 539 g/mol. The zero-order valence-corrected chi connectivity index (χ0v) is 23.9. The number of fused-ring (bicyclic) bond motifs is 1. The molecule has 2 aromatic rings. The Bertz CT molecular complexity index is 1290. The molecule has 9 heteroatoms. The number of rotatable bonds is 9. The van der Waals surface area contributed by atoms with Crippen LogP contribution in [0.25, 0.3) is 0 Å². The highest BCUT2D eigenvalue weighted by Gasteiger charge is 2.53. The van der Waals surface area contributed by atoms with Gasteiger partial charge in [-0.2, -0.15) is 0 Å². The van der Waals surface area contributed by atoms with Crippen LogP contribution < -0.4 is 15.4 Å². The molecule has 1 aliphatic carbocycles. The van der Waals surface area contributed by atoms with Gasteiger partial charge >= 0.3 is 0 Å². The fourth-order valence-corrected chi connectivity index (χ4v) is 8.32. The van der Waals surface area contributed by atoms with Crippen molar-refractivity contribution in [3.8, 4) is 0 Å². The maximum atomic E-state index is 13.0. The summed E-state index contributed by atoms with van der Waals surface area (Å²) in [6.07, 6.45) is 5.06. The summed E-state index contributed by atoms with van der Waals surface area (Å²) in [5.41, 5.74) is 5.25. The molecule has 1 aromatic heterocycles. The lowest BCUT2D eigenvalue weighted by Gasteiger charge is -2.58. The number of amides is 1. The minimum atomic E-state index is -3.66. The topological polar surface area (TPSA) is 103 Å². The van der Waals surface area contributed by atoms with Crippen LogP contribution in [0.2, 0.25) is 0 Å². The predicted molar refractivity (Wildman–Crippen MR) is 150 cm³/mol. The molecule has 0 radical (unpaired) electrons. The van der Waals surface area contributed by atoms with E-state index in [4.69, 9.17) is 4.98 Å². The lowest BCUT2D eigenvalue weighted by atomic mass is 9.57. The molecule has 1 amide bonds. The van der Waals surface area contributed by atoms with Crippen LogP contribution in [0.5, 0.6) is 0 Å². The van der Waals surface area contributed by atoms with E-state index in [2.05, 4.69) is 32.4 Å². The van der Waals surface area contributed by atoms with Crippen molar-refractivity contribution in [3.05, 3.63) is 52.2 Å². The smallest absolute Gasteiger partial charge is 0.241 e. The average Bonchev–Trinajstić information content (AvgIpc) is 2.79. The van der Waals surface area contributed by atoms with E-state index in [9.17, 15) is 13.2 Å². The first-order valence-electron chi connectivity index (χ1n) is 13.9. The number of likely N-dealkylation sites (tertiary alicyclic amines) is 1. The summed E-state index contributed by atoms with van der Waals surface area (Å²) in [4.78, 5) is 20.3. The van der Waals surface area contributed by atoms with E-state index in [0.29, 0.717) is 4.90 Å². The van der Waals surface area contributed by atoms with Crippen LogP contribution >= 0.6 is 0 Å². The van der Waals surface area contributed by atoms with Gasteiger partial charge in [-0.05, 0) is 81.5 Å².